The average Bonchev–Trinajstić information content (AvgIpc) is 2.91. The van der Waals surface area contributed by atoms with Gasteiger partial charge in [0.1, 0.15) is 0 Å². The first-order valence-electron chi connectivity index (χ1n) is 5.21. The Morgan fingerprint density at radius 3 is 2.94 bits per heavy atom. The van der Waals surface area contributed by atoms with Crippen molar-refractivity contribution in [1.82, 2.24) is 24.7 Å². The van der Waals surface area contributed by atoms with Crippen LogP contribution in [0.15, 0.2) is 18.6 Å². The Balaban J connectivity index is 1.93. The average molecular weight is 237 g/mol. The van der Waals surface area contributed by atoms with Gasteiger partial charge >= 0.3 is 0 Å². The maximum absolute atomic E-state index is 4.16. The quantitative estimate of drug-likeness (QED) is 0.848. The molecule has 0 saturated carbocycles. The van der Waals surface area contributed by atoms with Crippen LogP contribution in [0.2, 0.25) is 0 Å². The third-order valence-corrected chi connectivity index (χ3v) is 3.33. The van der Waals surface area contributed by atoms with Crippen LogP contribution < -0.4 is 5.32 Å². The third-order valence-electron chi connectivity index (χ3n) is 2.55. The van der Waals surface area contributed by atoms with Gasteiger partial charge in [-0.3, -0.25) is 4.68 Å². The van der Waals surface area contributed by atoms with Crippen LogP contribution in [0.25, 0.3) is 0 Å². The van der Waals surface area contributed by atoms with Crippen molar-refractivity contribution in [2.45, 2.75) is 18.9 Å². The maximum Gasteiger partial charge on any atom is 0.0669 e. The molecule has 0 aliphatic carbocycles. The molecule has 1 unspecified atom stereocenters. The zero-order chi connectivity index (χ0) is 11.4. The predicted molar refractivity (Wildman–Crippen MR) is 63.2 cm³/mol. The van der Waals surface area contributed by atoms with Gasteiger partial charge in [0, 0.05) is 19.3 Å². The fraction of sp³-hybridized carbons (Fsp3) is 0.500. The van der Waals surface area contributed by atoms with Crippen LogP contribution in [0.5, 0.6) is 0 Å². The van der Waals surface area contributed by atoms with Gasteiger partial charge in [-0.25, -0.2) is 0 Å². The van der Waals surface area contributed by atoms with E-state index in [0.717, 1.165) is 12.8 Å². The van der Waals surface area contributed by atoms with Crippen molar-refractivity contribution in [3.8, 4) is 0 Å². The highest BCUT2D eigenvalue weighted by molar-refractivity contribution is 7.05. The lowest BCUT2D eigenvalue weighted by Gasteiger charge is -2.12. The zero-order valence-electron chi connectivity index (χ0n) is 9.42. The minimum absolute atomic E-state index is 0.334. The molecule has 0 spiro atoms. The van der Waals surface area contributed by atoms with E-state index in [-0.39, 0.29) is 0 Å². The van der Waals surface area contributed by atoms with E-state index in [1.165, 1.54) is 22.0 Å². The van der Waals surface area contributed by atoms with Crippen LogP contribution in [-0.4, -0.2) is 26.4 Å². The third kappa shape index (κ3) is 2.65. The molecule has 16 heavy (non-hydrogen) atoms. The minimum atomic E-state index is 0.334. The van der Waals surface area contributed by atoms with Gasteiger partial charge in [0.05, 0.1) is 17.3 Å². The van der Waals surface area contributed by atoms with Gasteiger partial charge in [0.25, 0.3) is 0 Å². The molecule has 2 aromatic rings. The molecule has 6 heteroatoms. The second-order valence-electron chi connectivity index (χ2n) is 3.72. The van der Waals surface area contributed by atoms with E-state index in [9.17, 15) is 0 Å². The summed E-state index contributed by atoms with van der Waals surface area (Å²) < 4.78 is 5.72. The van der Waals surface area contributed by atoms with Crippen molar-refractivity contribution in [1.29, 1.82) is 0 Å². The van der Waals surface area contributed by atoms with E-state index in [2.05, 4.69) is 26.2 Å². The van der Waals surface area contributed by atoms with Gasteiger partial charge < -0.3 is 5.32 Å². The van der Waals surface area contributed by atoms with Gasteiger partial charge in [0.15, 0.2) is 0 Å². The second kappa shape index (κ2) is 5.18. The standard InChI is InChI=1S/C10H15N5S/c1-11-9(10-6-12-14-16-10)4-3-8-5-13-15(2)7-8/h5-7,9,11H,3-4H2,1-2H3. The Morgan fingerprint density at radius 2 is 2.38 bits per heavy atom. The second-order valence-corrected chi connectivity index (χ2v) is 4.54. The normalized spacial score (nSPS) is 12.9. The molecule has 0 aliphatic rings. The summed E-state index contributed by atoms with van der Waals surface area (Å²) in [6.45, 7) is 0. The Hall–Kier alpha value is -1.27. The van der Waals surface area contributed by atoms with Gasteiger partial charge in [-0.2, -0.15) is 5.10 Å². The summed E-state index contributed by atoms with van der Waals surface area (Å²) in [6.07, 6.45) is 7.84. The molecule has 86 valence electrons. The lowest BCUT2D eigenvalue weighted by molar-refractivity contribution is 0.557. The molecular formula is C10H15N5S. The number of rotatable bonds is 5. The summed E-state index contributed by atoms with van der Waals surface area (Å²) in [4.78, 5) is 1.19. The Labute approximate surface area is 98.7 Å². The molecule has 0 aromatic carbocycles. The number of aromatic nitrogens is 4. The van der Waals surface area contributed by atoms with Crippen molar-refractivity contribution in [2.75, 3.05) is 7.05 Å². The first-order chi connectivity index (χ1) is 7.79. The smallest absolute Gasteiger partial charge is 0.0669 e. The summed E-state index contributed by atoms with van der Waals surface area (Å²) in [7, 11) is 3.90. The lowest BCUT2D eigenvalue weighted by atomic mass is 10.1. The molecule has 5 nitrogen and oxygen atoms in total. The highest BCUT2D eigenvalue weighted by Crippen LogP contribution is 2.20. The van der Waals surface area contributed by atoms with Crippen molar-refractivity contribution in [2.24, 2.45) is 7.05 Å². The molecule has 0 saturated heterocycles. The van der Waals surface area contributed by atoms with Gasteiger partial charge in [-0.1, -0.05) is 4.49 Å². The molecule has 0 fully saturated rings. The van der Waals surface area contributed by atoms with Gasteiger partial charge in [0.2, 0.25) is 0 Å². The topological polar surface area (TPSA) is 55.6 Å². The van der Waals surface area contributed by atoms with Crippen LogP contribution in [0.3, 0.4) is 0 Å². The summed E-state index contributed by atoms with van der Waals surface area (Å²) in [5.74, 6) is 0. The van der Waals surface area contributed by atoms with E-state index < -0.39 is 0 Å². The summed E-state index contributed by atoms with van der Waals surface area (Å²) >= 11 is 1.45. The highest BCUT2D eigenvalue weighted by atomic mass is 32.1. The van der Waals surface area contributed by atoms with Crippen LogP contribution in [0.1, 0.15) is 22.9 Å². The van der Waals surface area contributed by atoms with Crippen molar-refractivity contribution in [3.63, 3.8) is 0 Å². The highest BCUT2D eigenvalue weighted by Gasteiger charge is 2.11. The molecule has 1 atom stereocenters. The summed E-state index contributed by atoms with van der Waals surface area (Å²) in [5, 5.41) is 11.3. The zero-order valence-corrected chi connectivity index (χ0v) is 10.2. The van der Waals surface area contributed by atoms with Crippen LogP contribution >= 0.6 is 11.5 Å². The number of hydrogen-bond donors (Lipinski definition) is 1. The van der Waals surface area contributed by atoms with E-state index in [4.69, 9.17) is 0 Å². The Kier molecular flexibility index (Phi) is 3.63. The molecule has 0 amide bonds. The fourth-order valence-electron chi connectivity index (χ4n) is 1.67. The van der Waals surface area contributed by atoms with Crippen LogP contribution in [0, 0.1) is 0 Å². The lowest BCUT2D eigenvalue weighted by Crippen LogP contribution is -2.15. The maximum atomic E-state index is 4.16. The van der Waals surface area contributed by atoms with Crippen LogP contribution in [0.4, 0.5) is 0 Å². The van der Waals surface area contributed by atoms with Gasteiger partial charge in [-0.05, 0) is 37.0 Å². The molecule has 1 N–H and O–H groups in total. The van der Waals surface area contributed by atoms with Crippen molar-refractivity contribution in [3.05, 3.63) is 29.0 Å². The van der Waals surface area contributed by atoms with Crippen molar-refractivity contribution >= 4 is 11.5 Å². The number of hydrogen-bond acceptors (Lipinski definition) is 5. The minimum Gasteiger partial charge on any atom is -0.312 e. The Bertz CT molecular complexity index is 422. The summed E-state index contributed by atoms with van der Waals surface area (Å²) in [5.41, 5.74) is 1.26. The Morgan fingerprint density at radius 1 is 1.50 bits per heavy atom. The molecule has 2 heterocycles. The first-order valence-corrected chi connectivity index (χ1v) is 5.99. The largest absolute Gasteiger partial charge is 0.312 e. The monoisotopic (exact) mass is 237 g/mol. The van der Waals surface area contributed by atoms with E-state index >= 15 is 0 Å². The fourth-order valence-corrected chi connectivity index (χ4v) is 2.31. The molecular weight excluding hydrogens is 222 g/mol. The van der Waals surface area contributed by atoms with E-state index in [1.54, 1.807) is 0 Å². The van der Waals surface area contributed by atoms with Gasteiger partial charge in [-0.15, -0.1) is 5.10 Å². The first kappa shape index (κ1) is 11.2. The van der Waals surface area contributed by atoms with Crippen LogP contribution in [-0.2, 0) is 13.5 Å². The molecule has 0 aliphatic heterocycles. The molecule has 0 radical (unpaired) electrons. The molecule has 2 aromatic heterocycles. The summed E-state index contributed by atoms with van der Waals surface area (Å²) in [6, 6.07) is 0.334. The molecule has 2 rings (SSSR count). The molecule has 0 bridgehead atoms. The van der Waals surface area contributed by atoms with E-state index in [1.807, 2.05) is 31.2 Å². The number of nitrogens with one attached hydrogen (secondary N) is 1. The van der Waals surface area contributed by atoms with Crippen molar-refractivity contribution < 1.29 is 0 Å². The number of aryl methyl sites for hydroxylation is 2. The van der Waals surface area contributed by atoms with E-state index in [0.29, 0.717) is 6.04 Å². The SMILES string of the molecule is CNC(CCc1cnn(C)c1)c1cnns1. The number of nitrogens with zero attached hydrogens (tertiary/aromatic N) is 4. The predicted octanol–water partition coefficient (Wildman–Crippen LogP) is 1.16.